The highest BCUT2D eigenvalue weighted by Gasteiger charge is 2.38. The summed E-state index contributed by atoms with van der Waals surface area (Å²) in [5.41, 5.74) is 0. The third-order valence-electron chi connectivity index (χ3n) is 6.12. The average molecular weight is 391 g/mol. The number of rotatable bonds is 7. The molecule has 0 spiro atoms. The number of carbonyl (C=O) groups is 2. The number of carbonyl (C=O) groups excluding carboxylic acids is 2. The quantitative estimate of drug-likeness (QED) is 0.776. The normalized spacial score (nSPS) is 24.6. The maximum atomic E-state index is 13.1. The van der Waals surface area contributed by atoms with Crippen LogP contribution in [0.15, 0.2) is 11.6 Å². The van der Waals surface area contributed by atoms with Gasteiger partial charge in [0.05, 0.1) is 19.0 Å². The first-order valence-corrected chi connectivity index (χ1v) is 11.3. The highest BCUT2D eigenvalue weighted by Crippen LogP contribution is 2.30. The molecule has 27 heavy (non-hydrogen) atoms. The lowest BCUT2D eigenvalue weighted by Crippen LogP contribution is -2.57. The fourth-order valence-corrected chi connectivity index (χ4v) is 5.08. The standard InChI is InChI=1S/C20H30N4O2S/c25-19(24(16-6-7-16)14-18-21-9-11-27-18)12-17-20(26)22-8-10-23(17)13-15-4-2-1-3-5-15/h9,11,15-17H,1-8,10,12-14H2,(H,22,26)/t17-/m1/s1. The van der Waals surface area contributed by atoms with Crippen LogP contribution in [0.2, 0.25) is 0 Å². The predicted molar refractivity (Wildman–Crippen MR) is 105 cm³/mol. The molecule has 148 valence electrons. The second kappa shape index (κ2) is 8.69. The first kappa shape index (κ1) is 18.9. The van der Waals surface area contributed by atoms with Crippen LogP contribution in [-0.2, 0) is 16.1 Å². The topological polar surface area (TPSA) is 65.5 Å². The molecule has 1 atom stereocenters. The molecule has 4 rings (SSSR count). The van der Waals surface area contributed by atoms with Gasteiger partial charge in [-0.1, -0.05) is 19.3 Å². The van der Waals surface area contributed by atoms with E-state index in [0.717, 1.165) is 30.9 Å². The van der Waals surface area contributed by atoms with E-state index < -0.39 is 0 Å². The minimum atomic E-state index is -0.314. The molecule has 1 aromatic heterocycles. The van der Waals surface area contributed by atoms with Crippen LogP contribution < -0.4 is 5.32 Å². The second-order valence-corrected chi connectivity index (χ2v) is 9.17. The van der Waals surface area contributed by atoms with Gasteiger partial charge in [-0.15, -0.1) is 11.3 Å². The predicted octanol–water partition coefficient (Wildman–Crippen LogP) is 2.40. The summed E-state index contributed by atoms with van der Waals surface area (Å²) in [5.74, 6) is 0.802. The van der Waals surface area contributed by atoms with E-state index in [9.17, 15) is 9.59 Å². The van der Waals surface area contributed by atoms with Crippen LogP contribution >= 0.6 is 11.3 Å². The van der Waals surface area contributed by atoms with Crippen LogP contribution in [0.4, 0.5) is 0 Å². The van der Waals surface area contributed by atoms with Crippen LogP contribution in [-0.4, -0.2) is 58.3 Å². The van der Waals surface area contributed by atoms with Gasteiger partial charge in [0.2, 0.25) is 11.8 Å². The fourth-order valence-electron chi connectivity index (χ4n) is 4.47. The molecule has 1 saturated heterocycles. The van der Waals surface area contributed by atoms with Gasteiger partial charge in [0.25, 0.3) is 0 Å². The minimum Gasteiger partial charge on any atom is -0.353 e. The zero-order valence-corrected chi connectivity index (χ0v) is 16.8. The molecule has 1 aromatic rings. The van der Waals surface area contributed by atoms with E-state index in [-0.39, 0.29) is 17.9 Å². The molecule has 2 amide bonds. The van der Waals surface area contributed by atoms with Crippen molar-refractivity contribution in [2.24, 2.45) is 5.92 Å². The second-order valence-electron chi connectivity index (χ2n) is 8.19. The van der Waals surface area contributed by atoms with Gasteiger partial charge in [-0.25, -0.2) is 4.98 Å². The van der Waals surface area contributed by atoms with Crippen molar-refractivity contribution in [2.75, 3.05) is 19.6 Å². The van der Waals surface area contributed by atoms with Gasteiger partial charge >= 0.3 is 0 Å². The molecule has 3 fully saturated rings. The smallest absolute Gasteiger partial charge is 0.237 e. The Kier molecular flexibility index (Phi) is 6.08. The average Bonchev–Trinajstić information content (AvgIpc) is 3.38. The number of hydrogen-bond donors (Lipinski definition) is 1. The summed E-state index contributed by atoms with van der Waals surface area (Å²) in [6.07, 6.45) is 10.7. The summed E-state index contributed by atoms with van der Waals surface area (Å²) in [4.78, 5) is 34.2. The molecular weight excluding hydrogens is 360 g/mol. The van der Waals surface area contributed by atoms with Crippen molar-refractivity contribution in [3.05, 3.63) is 16.6 Å². The first-order chi connectivity index (χ1) is 13.2. The zero-order valence-electron chi connectivity index (χ0n) is 15.9. The van der Waals surface area contributed by atoms with Crippen molar-refractivity contribution in [3.8, 4) is 0 Å². The van der Waals surface area contributed by atoms with Crippen molar-refractivity contribution in [1.29, 1.82) is 0 Å². The van der Waals surface area contributed by atoms with Crippen molar-refractivity contribution in [1.82, 2.24) is 20.1 Å². The highest BCUT2D eigenvalue weighted by atomic mass is 32.1. The summed E-state index contributed by atoms with van der Waals surface area (Å²) >= 11 is 1.59. The van der Waals surface area contributed by atoms with Crippen molar-refractivity contribution >= 4 is 23.2 Å². The molecule has 2 saturated carbocycles. The molecule has 0 radical (unpaired) electrons. The number of piperazine rings is 1. The van der Waals surface area contributed by atoms with E-state index in [1.807, 2.05) is 10.3 Å². The maximum absolute atomic E-state index is 13.1. The SMILES string of the molecule is O=C1NCCN(CC2CCCCC2)[C@@H]1CC(=O)N(Cc1nccs1)C1CC1. The molecule has 0 aromatic carbocycles. The lowest BCUT2D eigenvalue weighted by atomic mass is 9.88. The third kappa shape index (κ3) is 4.88. The third-order valence-corrected chi connectivity index (χ3v) is 6.89. The summed E-state index contributed by atoms with van der Waals surface area (Å²) in [6.45, 7) is 3.09. The monoisotopic (exact) mass is 390 g/mol. The molecule has 2 aliphatic carbocycles. The van der Waals surface area contributed by atoms with E-state index in [1.165, 1.54) is 32.1 Å². The van der Waals surface area contributed by atoms with Crippen molar-refractivity contribution in [3.63, 3.8) is 0 Å². The van der Waals surface area contributed by atoms with E-state index >= 15 is 0 Å². The van der Waals surface area contributed by atoms with E-state index in [1.54, 1.807) is 17.5 Å². The van der Waals surface area contributed by atoms with Crippen LogP contribution in [0.1, 0.15) is 56.4 Å². The Hall–Kier alpha value is -1.47. The Morgan fingerprint density at radius 2 is 2.07 bits per heavy atom. The first-order valence-electron chi connectivity index (χ1n) is 10.4. The number of amides is 2. The summed E-state index contributed by atoms with van der Waals surface area (Å²) < 4.78 is 0. The molecule has 1 aliphatic heterocycles. The number of nitrogens with zero attached hydrogens (tertiary/aromatic N) is 3. The molecule has 2 heterocycles. The molecule has 0 bridgehead atoms. The fraction of sp³-hybridized carbons (Fsp3) is 0.750. The van der Waals surface area contributed by atoms with Gasteiger partial charge in [-0.3, -0.25) is 14.5 Å². The van der Waals surface area contributed by atoms with Gasteiger partial charge in [0.1, 0.15) is 5.01 Å². The zero-order chi connectivity index (χ0) is 18.6. The molecule has 7 heteroatoms. The lowest BCUT2D eigenvalue weighted by Gasteiger charge is -2.38. The van der Waals surface area contributed by atoms with Gasteiger partial charge in [0.15, 0.2) is 0 Å². The Morgan fingerprint density at radius 1 is 1.26 bits per heavy atom. The van der Waals surface area contributed by atoms with Crippen LogP contribution in [0, 0.1) is 5.92 Å². The van der Waals surface area contributed by atoms with Gasteiger partial charge in [0, 0.05) is 37.3 Å². The Morgan fingerprint density at radius 3 is 2.78 bits per heavy atom. The van der Waals surface area contributed by atoms with Crippen molar-refractivity contribution < 1.29 is 9.59 Å². The van der Waals surface area contributed by atoms with E-state index in [4.69, 9.17) is 0 Å². The van der Waals surface area contributed by atoms with Crippen LogP contribution in [0.5, 0.6) is 0 Å². The molecule has 1 N–H and O–H groups in total. The summed E-state index contributed by atoms with van der Waals surface area (Å²) in [7, 11) is 0. The number of aromatic nitrogens is 1. The van der Waals surface area contributed by atoms with Crippen LogP contribution in [0.3, 0.4) is 0 Å². The minimum absolute atomic E-state index is 0.0235. The van der Waals surface area contributed by atoms with E-state index in [2.05, 4.69) is 15.2 Å². The Balaban J connectivity index is 1.40. The number of thiazole rings is 1. The largest absolute Gasteiger partial charge is 0.353 e. The van der Waals surface area contributed by atoms with Gasteiger partial charge in [-0.2, -0.15) is 0 Å². The van der Waals surface area contributed by atoms with Gasteiger partial charge in [-0.05, 0) is 31.6 Å². The maximum Gasteiger partial charge on any atom is 0.237 e. The number of hydrogen-bond acceptors (Lipinski definition) is 5. The van der Waals surface area contributed by atoms with E-state index in [0.29, 0.717) is 31.5 Å². The van der Waals surface area contributed by atoms with Crippen LogP contribution in [0.25, 0.3) is 0 Å². The number of nitrogens with one attached hydrogen (secondary N) is 1. The molecule has 6 nitrogen and oxygen atoms in total. The Labute approximate surface area is 165 Å². The summed E-state index contributed by atoms with van der Waals surface area (Å²) in [6, 6.07) is 0.0190. The molecular formula is C20H30N4O2S. The molecule has 3 aliphatic rings. The molecule has 0 unspecified atom stereocenters. The van der Waals surface area contributed by atoms with Gasteiger partial charge < -0.3 is 10.2 Å². The lowest BCUT2D eigenvalue weighted by molar-refractivity contribution is -0.140. The summed E-state index contributed by atoms with van der Waals surface area (Å²) in [5, 5.41) is 5.90. The van der Waals surface area contributed by atoms with Crippen molar-refractivity contribution in [2.45, 2.75) is 70.0 Å². The Bertz CT molecular complexity index is 640. The highest BCUT2D eigenvalue weighted by molar-refractivity contribution is 7.09.